The van der Waals surface area contributed by atoms with Crippen molar-refractivity contribution in [1.29, 1.82) is 0 Å². The largest absolute Gasteiger partial charge is 0.459 e. The van der Waals surface area contributed by atoms with Gasteiger partial charge in [-0.05, 0) is 32.9 Å². The molecule has 2 aromatic rings. The first-order valence-corrected chi connectivity index (χ1v) is 7.13. The molecule has 0 bridgehead atoms. The van der Waals surface area contributed by atoms with Gasteiger partial charge in [0.25, 0.3) is 0 Å². The summed E-state index contributed by atoms with van der Waals surface area (Å²) in [4.78, 5) is 24.3. The number of esters is 1. The zero-order valence-electron chi connectivity index (χ0n) is 13.0. The molecule has 1 N–H and O–H groups in total. The van der Waals surface area contributed by atoms with E-state index in [0.717, 1.165) is 0 Å². The Balaban J connectivity index is 2.46. The van der Waals surface area contributed by atoms with Gasteiger partial charge in [0, 0.05) is 18.4 Å². The number of aliphatic hydroxyl groups is 1. The molecular formula is C16H20N2O4. The van der Waals surface area contributed by atoms with Crippen molar-refractivity contribution in [3.63, 3.8) is 0 Å². The molecule has 0 aliphatic heterocycles. The highest BCUT2D eigenvalue weighted by molar-refractivity contribution is 5.80. The topological polar surface area (TPSA) is 81.4 Å². The van der Waals surface area contributed by atoms with Crippen LogP contribution in [-0.4, -0.2) is 33.1 Å². The van der Waals surface area contributed by atoms with Crippen LogP contribution < -0.4 is 5.43 Å². The van der Waals surface area contributed by atoms with E-state index in [1.165, 1.54) is 4.68 Å². The van der Waals surface area contributed by atoms with E-state index in [-0.39, 0.29) is 30.7 Å². The SMILES string of the molecule is CC(C)(C)OC(=O)Cn1nc(CCO)c(=O)c2ccccc21. The summed E-state index contributed by atoms with van der Waals surface area (Å²) in [6.45, 7) is 5.11. The Labute approximate surface area is 128 Å². The van der Waals surface area contributed by atoms with Crippen molar-refractivity contribution < 1.29 is 14.6 Å². The molecule has 0 saturated carbocycles. The third-order valence-corrected chi connectivity index (χ3v) is 2.98. The Morgan fingerprint density at radius 1 is 1.32 bits per heavy atom. The lowest BCUT2D eigenvalue weighted by Gasteiger charge is -2.20. The number of carbonyl (C=O) groups excluding carboxylic acids is 1. The van der Waals surface area contributed by atoms with Crippen LogP contribution in [0.15, 0.2) is 29.1 Å². The highest BCUT2D eigenvalue weighted by Gasteiger charge is 2.18. The first kappa shape index (κ1) is 16.2. The standard InChI is InChI=1S/C16H20N2O4/c1-16(2,3)22-14(20)10-18-13-7-5-4-6-11(13)15(21)12(17-18)8-9-19/h4-7,19H,8-10H2,1-3H3. The van der Waals surface area contributed by atoms with Gasteiger partial charge in [0.15, 0.2) is 0 Å². The van der Waals surface area contributed by atoms with E-state index in [1.807, 2.05) is 0 Å². The van der Waals surface area contributed by atoms with Crippen LogP contribution in [0.25, 0.3) is 10.9 Å². The fourth-order valence-electron chi connectivity index (χ4n) is 2.18. The lowest BCUT2D eigenvalue weighted by molar-refractivity contribution is -0.155. The summed E-state index contributed by atoms with van der Waals surface area (Å²) in [6, 6.07) is 6.95. The van der Waals surface area contributed by atoms with Crippen LogP contribution in [0.2, 0.25) is 0 Å². The maximum atomic E-state index is 12.3. The molecule has 6 heteroatoms. The highest BCUT2D eigenvalue weighted by atomic mass is 16.6. The van der Waals surface area contributed by atoms with Crippen molar-refractivity contribution in [2.45, 2.75) is 39.3 Å². The average Bonchev–Trinajstić information content (AvgIpc) is 2.42. The van der Waals surface area contributed by atoms with Gasteiger partial charge in [-0.15, -0.1) is 0 Å². The average molecular weight is 304 g/mol. The molecule has 0 unspecified atom stereocenters. The molecular weight excluding hydrogens is 284 g/mol. The molecule has 6 nitrogen and oxygen atoms in total. The summed E-state index contributed by atoms with van der Waals surface area (Å²) < 4.78 is 6.75. The van der Waals surface area contributed by atoms with E-state index < -0.39 is 11.6 Å². The first-order valence-electron chi connectivity index (χ1n) is 7.13. The van der Waals surface area contributed by atoms with Gasteiger partial charge >= 0.3 is 5.97 Å². The number of hydrogen-bond donors (Lipinski definition) is 1. The van der Waals surface area contributed by atoms with Gasteiger partial charge < -0.3 is 9.84 Å². The number of rotatable bonds is 4. The lowest BCUT2D eigenvalue weighted by Crippen LogP contribution is -2.29. The van der Waals surface area contributed by atoms with E-state index in [0.29, 0.717) is 10.9 Å². The molecule has 0 aliphatic carbocycles. The third kappa shape index (κ3) is 3.71. The Morgan fingerprint density at radius 2 is 2.00 bits per heavy atom. The minimum absolute atomic E-state index is 0.0868. The van der Waals surface area contributed by atoms with Crippen molar-refractivity contribution >= 4 is 16.9 Å². The Kier molecular flexibility index (Phi) is 4.61. The molecule has 118 valence electrons. The fraction of sp³-hybridized carbons (Fsp3) is 0.438. The molecule has 0 amide bonds. The zero-order valence-corrected chi connectivity index (χ0v) is 13.0. The van der Waals surface area contributed by atoms with Crippen LogP contribution in [0.5, 0.6) is 0 Å². The van der Waals surface area contributed by atoms with Gasteiger partial charge in [0.1, 0.15) is 17.8 Å². The number of hydrogen-bond acceptors (Lipinski definition) is 5. The molecule has 2 rings (SSSR count). The fourth-order valence-corrected chi connectivity index (χ4v) is 2.18. The number of nitrogens with zero attached hydrogens (tertiary/aromatic N) is 2. The number of ether oxygens (including phenoxy) is 1. The Bertz CT molecular complexity index is 744. The quantitative estimate of drug-likeness (QED) is 0.860. The van der Waals surface area contributed by atoms with Gasteiger partial charge in [-0.25, -0.2) is 0 Å². The number of aromatic nitrogens is 2. The normalized spacial score (nSPS) is 11.6. The zero-order chi connectivity index (χ0) is 16.3. The monoisotopic (exact) mass is 304 g/mol. The van der Waals surface area contributed by atoms with E-state index in [4.69, 9.17) is 9.84 Å². The predicted octanol–water partition coefficient (Wildman–Crippen LogP) is 1.27. The number of benzene rings is 1. The van der Waals surface area contributed by atoms with Crippen molar-refractivity contribution in [3.05, 3.63) is 40.2 Å². The second-order valence-corrected chi connectivity index (χ2v) is 6.01. The minimum Gasteiger partial charge on any atom is -0.459 e. The summed E-state index contributed by atoms with van der Waals surface area (Å²) in [5, 5.41) is 13.7. The van der Waals surface area contributed by atoms with E-state index >= 15 is 0 Å². The van der Waals surface area contributed by atoms with Crippen molar-refractivity contribution in [2.24, 2.45) is 0 Å². The second kappa shape index (κ2) is 6.27. The van der Waals surface area contributed by atoms with Crippen molar-refractivity contribution in [3.8, 4) is 0 Å². The van der Waals surface area contributed by atoms with Gasteiger partial charge in [0.05, 0.1) is 5.52 Å². The van der Waals surface area contributed by atoms with Crippen molar-refractivity contribution in [2.75, 3.05) is 6.61 Å². The van der Waals surface area contributed by atoms with Crippen LogP contribution in [-0.2, 0) is 22.5 Å². The van der Waals surface area contributed by atoms with Crippen LogP contribution in [0, 0.1) is 0 Å². The van der Waals surface area contributed by atoms with Gasteiger partial charge in [-0.3, -0.25) is 14.3 Å². The summed E-state index contributed by atoms with van der Waals surface area (Å²) in [6.07, 6.45) is 0.151. The molecule has 0 saturated heterocycles. The number of para-hydroxylation sites is 1. The third-order valence-electron chi connectivity index (χ3n) is 2.98. The summed E-state index contributed by atoms with van der Waals surface area (Å²) >= 11 is 0. The summed E-state index contributed by atoms with van der Waals surface area (Å²) in [5.74, 6) is -0.427. The van der Waals surface area contributed by atoms with Gasteiger partial charge in [0.2, 0.25) is 5.43 Å². The number of carbonyl (C=O) groups is 1. The molecule has 1 heterocycles. The maximum absolute atomic E-state index is 12.3. The van der Waals surface area contributed by atoms with Gasteiger partial charge in [-0.2, -0.15) is 5.10 Å². The van der Waals surface area contributed by atoms with Crippen molar-refractivity contribution in [1.82, 2.24) is 9.78 Å². The first-order chi connectivity index (χ1) is 10.3. The van der Waals surface area contributed by atoms with E-state index in [2.05, 4.69) is 5.10 Å². The minimum atomic E-state index is -0.583. The number of aliphatic hydroxyl groups excluding tert-OH is 1. The van der Waals surface area contributed by atoms with Gasteiger partial charge in [-0.1, -0.05) is 12.1 Å². The highest BCUT2D eigenvalue weighted by Crippen LogP contribution is 2.12. The predicted molar refractivity (Wildman–Crippen MR) is 82.6 cm³/mol. The molecule has 1 aromatic heterocycles. The molecule has 0 spiro atoms. The van der Waals surface area contributed by atoms with Crippen LogP contribution >= 0.6 is 0 Å². The molecule has 0 atom stereocenters. The molecule has 0 radical (unpaired) electrons. The number of fused-ring (bicyclic) bond motifs is 1. The molecule has 22 heavy (non-hydrogen) atoms. The summed E-state index contributed by atoms with van der Waals surface area (Å²) in [5.41, 5.74) is 0.00901. The molecule has 1 aromatic carbocycles. The summed E-state index contributed by atoms with van der Waals surface area (Å²) in [7, 11) is 0. The molecule has 0 aliphatic rings. The maximum Gasteiger partial charge on any atom is 0.328 e. The lowest BCUT2D eigenvalue weighted by atomic mass is 10.1. The van der Waals surface area contributed by atoms with Crippen LogP contribution in [0.4, 0.5) is 0 Å². The second-order valence-electron chi connectivity index (χ2n) is 6.01. The van der Waals surface area contributed by atoms with Crippen LogP contribution in [0.3, 0.4) is 0 Å². The smallest absolute Gasteiger partial charge is 0.328 e. The molecule has 0 fully saturated rings. The Morgan fingerprint density at radius 3 is 2.64 bits per heavy atom. The Hall–Kier alpha value is -2.21. The van der Waals surface area contributed by atoms with E-state index in [1.54, 1.807) is 45.0 Å². The van der Waals surface area contributed by atoms with E-state index in [9.17, 15) is 9.59 Å². The van der Waals surface area contributed by atoms with Crippen LogP contribution in [0.1, 0.15) is 26.5 Å².